The molecule has 1 aliphatic rings. The second-order valence-corrected chi connectivity index (χ2v) is 5.94. The lowest BCUT2D eigenvalue weighted by Crippen LogP contribution is -2.42. The molecule has 1 unspecified atom stereocenters. The molecule has 1 saturated carbocycles. The Labute approximate surface area is 99.6 Å². The number of nitrogens with two attached hydrogens (primary N) is 1. The monoisotopic (exact) mass is 239 g/mol. The van der Waals surface area contributed by atoms with Crippen LogP contribution in [0.4, 0.5) is 0 Å². The van der Waals surface area contributed by atoms with Crippen molar-refractivity contribution in [1.82, 2.24) is 0 Å². The zero-order chi connectivity index (χ0) is 11.9. The van der Waals surface area contributed by atoms with E-state index < -0.39 is 6.04 Å². The van der Waals surface area contributed by atoms with E-state index in [1.807, 2.05) is 0 Å². The zero-order valence-electron chi connectivity index (χ0n) is 9.87. The van der Waals surface area contributed by atoms with Gasteiger partial charge in [0, 0.05) is 15.2 Å². The maximum Gasteiger partial charge on any atom is 0.323 e. The molecule has 1 aliphatic carbocycles. The van der Waals surface area contributed by atoms with E-state index in [2.05, 4.69) is 19.9 Å². The van der Waals surface area contributed by atoms with E-state index in [1.54, 1.807) is 11.3 Å². The molecule has 0 amide bonds. The molecule has 0 spiro atoms. The SMILES string of the molecule is COC(=O)C(N)C1(c2cc(C)sc2C)CC1. The van der Waals surface area contributed by atoms with Crippen LogP contribution in [0.5, 0.6) is 0 Å². The highest BCUT2D eigenvalue weighted by Gasteiger charge is 2.53. The van der Waals surface area contributed by atoms with Crippen molar-refractivity contribution in [1.29, 1.82) is 0 Å². The first-order chi connectivity index (χ1) is 7.51. The molecule has 4 heteroatoms. The highest BCUT2D eigenvalue weighted by molar-refractivity contribution is 7.12. The quantitative estimate of drug-likeness (QED) is 0.820. The van der Waals surface area contributed by atoms with E-state index in [0.717, 1.165) is 12.8 Å². The van der Waals surface area contributed by atoms with Crippen LogP contribution in [0, 0.1) is 13.8 Å². The zero-order valence-corrected chi connectivity index (χ0v) is 10.7. The lowest BCUT2D eigenvalue weighted by atomic mass is 9.88. The van der Waals surface area contributed by atoms with Gasteiger partial charge in [-0.2, -0.15) is 0 Å². The Morgan fingerprint density at radius 2 is 2.19 bits per heavy atom. The Morgan fingerprint density at radius 1 is 1.56 bits per heavy atom. The van der Waals surface area contributed by atoms with E-state index in [-0.39, 0.29) is 11.4 Å². The van der Waals surface area contributed by atoms with Crippen molar-refractivity contribution < 1.29 is 9.53 Å². The standard InChI is InChI=1S/C12H17NO2S/c1-7-6-9(8(2)16-7)12(4-5-12)10(13)11(14)15-3/h6,10H,4-5,13H2,1-3H3. The molecule has 16 heavy (non-hydrogen) atoms. The van der Waals surface area contributed by atoms with Gasteiger partial charge in [-0.1, -0.05) is 0 Å². The fourth-order valence-electron chi connectivity index (χ4n) is 2.36. The van der Waals surface area contributed by atoms with E-state index in [9.17, 15) is 4.79 Å². The van der Waals surface area contributed by atoms with Gasteiger partial charge in [-0.05, 0) is 38.3 Å². The molecule has 1 heterocycles. The van der Waals surface area contributed by atoms with Crippen molar-refractivity contribution in [3.8, 4) is 0 Å². The minimum absolute atomic E-state index is 0.151. The van der Waals surface area contributed by atoms with Gasteiger partial charge in [0.25, 0.3) is 0 Å². The number of carbonyl (C=O) groups excluding carboxylic acids is 1. The topological polar surface area (TPSA) is 52.3 Å². The van der Waals surface area contributed by atoms with Crippen molar-refractivity contribution in [3.63, 3.8) is 0 Å². The number of esters is 1. The molecular formula is C12H17NO2S. The highest BCUT2D eigenvalue weighted by atomic mass is 32.1. The summed E-state index contributed by atoms with van der Waals surface area (Å²) in [7, 11) is 1.39. The lowest BCUT2D eigenvalue weighted by molar-refractivity contribution is -0.143. The van der Waals surface area contributed by atoms with Crippen molar-refractivity contribution in [2.75, 3.05) is 7.11 Å². The van der Waals surface area contributed by atoms with Crippen LogP contribution in [0.3, 0.4) is 0 Å². The second-order valence-electron chi connectivity index (χ2n) is 4.48. The third kappa shape index (κ3) is 1.66. The van der Waals surface area contributed by atoms with Crippen LogP contribution in [-0.2, 0) is 14.9 Å². The summed E-state index contributed by atoms with van der Waals surface area (Å²) in [6.45, 7) is 4.18. The van der Waals surface area contributed by atoms with E-state index in [1.165, 1.54) is 22.4 Å². The molecule has 2 N–H and O–H groups in total. The summed E-state index contributed by atoms with van der Waals surface area (Å²) < 4.78 is 4.75. The van der Waals surface area contributed by atoms with Gasteiger partial charge in [0.2, 0.25) is 0 Å². The molecular weight excluding hydrogens is 222 g/mol. The molecule has 0 radical (unpaired) electrons. The number of thiophene rings is 1. The van der Waals surface area contributed by atoms with Crippen LogP contribution in [0.2, 0.25) is 0 Å². The average molecular weight is 239 g/mol. The Hall–Kier alpha value is -0.870. The molecule has 0 aromatic carbocycles. The first-order valence-electron chi connectivity index (χ1n) is 5.42. The van der Waals surface area contributed by atoms with Gasteiger partial charge >= 0.3 is 5.97 Å². The summed E-state index contributed by atoms with van der Waals surface area (Å²) in [6, 6.07) is 1.64. The van der Waals surface area contributed by atoms with Crippen molar-refractivity contribution in [3.05, 3.63) is 21.4 Å². The van der Waals surface area contributed by atoms with Crippen LogP contribution in [0.25, 0.3) is 0 Å². The predicted molar refractivity (Wildman–Crippen MR) is 64.7 cm³/mol. The molecule has 2 rings (SSSR count). The van der Waals surface area contributed by atoms with Gasteiger partial charge in [-0.15, -0.1) is 11.3 Å². The van der Waals surface area contributed by atoms with Gasteiger partial charge in [0.05, 0.1) is 7.11 Å². The van der Waals surface area contributed by atoms with Crippen LogP contribution < -0.4 is 5.73 Å². The number of methoxy groups -OCH3 is 1. The molecule has 0 aliphatic heterocycles. The maximum atomic E-state index is 11.5. The third-order valence-corrected chi connectivity index (χ3v) is 4.38. The van der Waals surface area contributed by atoms with Gasteiger partial charge < -0.3 is 10.5 Å². The van der Waals surface area contributed by atoms with Crippen molar-refractivity contribution >= 4 is 17.3 Å². The Bertz CT molecular complexity index is 421. The number of aryl methyl sites for hydroxylation is 2. The molecule has 0 bridgehead atoms. The number of hydrogen-bond acceptors (Lipinski definition) is 4. The molecule has 1 aromatic rings. The number of ether oxygens (including phenoxy) is 1. The fraction of sp³-hybridized carbons (Fsp3) is 0.583. The van der Waals surface area contributed by atoms with Gasteiger partial charge in [0.15, 0.2) is 0 Å². The van der Waals surface area contributed by atoms with Crippen LogP contribution >= 0.6 is 11.3 Å². The largest absolute Gasteiger partial charge is 0.468 e. The van der Waals surface area contributed by atoms with Crippen LogP contribution in [0.1, 0.15) is 28.2 Å². The summed E-state index contributed by atoms with van der Waals surface area (Å²) in [5.41, 5.74) is 7.10. The summed E-state index contributed by atoms with van der Waals surface area (Å²) in [6.07, 6.45) is 1.97. The van der Waals surface area contributed by atoms with E-state index >= 15 is 0 Å². The molecule has 1 fully saturated rings. The second kappa shape index (κ2) is 3.86. The normalized spacial score (nSPS) is 19.2. The smallest absolute Gasteiger partial charge is 0.323 e. The first-order valence-corrected chi connectivity index (χ1v) is 6.24. The number of rotatable bonds is 3. The van der Waals surface area contributed by atoms with E-state index in [0.29, 0.717) is 0 Å². The minimum Gasteiger partial charge on any atom is -0.468 e. The Morgan fingerprint density at radius 3 is 2.56 bits per heavy atom. The molecule has 3 nitrogen and oxygen atoms in total. The third-order valence-electron chi connectivity index (χ3n) is 3.42. The summed E-state index contributed by atoms with van der Waals surface area (Å²) >= 11 is 1.77. The van der Waals surface area contributed by atoms with Crippen LogP contribution in [-0.4, -0.2) is 19.1 Å². The summed E-state index contributed by atoms with van der Waals surface area (Å²) in [4.78, 5) is 14.1. The first kappa shape index (κ1) is 11.6. The lowest BCUT2D eigenvalue weighted by Gasteiger charge is -2.21. The maximum absolute atomic E-state index is 11.5. The van der Waals surface area contributed by atoms with Crippen molar-refractivity contribution in [2.24, 2.45) is 5.73 Å². The van der Waals surface area contributed by atoms with Crippen molar-refractivity contribution in [2.45, 2.75) is 38.1 Å². The molecule has 0 saturated heterocycles. The van der Waals surface area contributed by atoms with Crippen LogP contribution in [0.15, 0.2) is 6.07 Å². The fourth-order valence-corrected chi connectivity index (χ4v) is 3.39. The average Bonchev–Trinajstić information content (AvgIpc) is 2.98. The summed E-state index contributed by atoms with van der Waals surface area (Å²) in [5.74, 6) is -0.305. The minimum atomic E-state index is -0.523. The highest BCUT2D eigenvalue weighted by Crippen LogP contribution is 2.53. The number of carbonyl (C=O) groups is 1. The van der Waals surface area contributed by atoms with Gasteiger partial charge in [0.1, 0.15) is 6.04 Å². The Balaban J connectivity index is 2.33. The van der Waals surface area contributed by atoms with Gasteiger partial charge in [-0.25, -0.2) is 0 Å². The molecule has 88 valence electrons. The molecule has 1 atom stereocenters. The van der Waals surface area contributed by atoms with E-state index in [4.69, 9.17) is 10.5 Å². The number of hydrogen-bond donors (Lipinski definition) is 1. The molecule has 1 aromatic heterocycles. The predicted octanol–water partition coefficient (Wildman–Crippen LogP) is 1.90. The van der Waals surface area contributed by atoms with Gasteiger partial charge in [-0.3, -0.25) is 4.79 Å². The summed E-state index contributed by atoms with van der Waals surface area (Å²) in [5, 5.41) is 0. The Kier molecular flexibility index (Phi) is 2.80.